The van der Waals surface area contributed by atoms with Gasteiger partial charge in [-0.15, -0.1) is 11.6 Å². The SMILES string of the molecule is CCl.[B]N1CCNC(CC(=O)O)C1. The van der Waals surface area contributed by atoms with Gasteiger partial charge < -0.3 is 15.2 Å². The fourth-order valence-corrected chi connectivity index (χ4v) is 1.20. The number of piperazine rings is 1. The van der Waals surface area contributed by atoms with Crippen LogP contribution in [0.1, 0.15) is 6.42 Å². The van der Waals surface area contributed by atoms with Crippen LogP contribution < -0.4 is 5.32 Å². The van der Waals surface area contributed by atoms with Gasteiger partial charge in [0.05, 0.1) is 6.42 Å². The van der Waals surface area contributed by atoms with Gasteiger partial charge >= 0.3 is 5.97 Å². The first-order valence-electron chi connectivity index (χ1n) is 4.01. The van der Waals surface area contributed by atoms with E-state index in [0.717, 1.165) is 13.1 Å². The van der Waals surface area contributed by atoms with Gasteiger partial charge in [0.25, 0.3) is 0 Å². The zero-order valence-electron chi connectivity index (χ0n) is 7.66. The summed E-state index contributed by atoms with van der Waals surface area (Å²) in [5.74, 6) is -0.780. The lowest BCUT2D eigenvalue weighted by Crippen LogP contribution is -2.50. The maximum atomic E-state index is 10.3. The third-order valence-corrected chi connectivity index (χ3v) is 1.71. The number of hydrogen-bond donors (Lipinski definition) is 2. The Labute approximate surface area is 84.7 Å². The normalized spacial score (nSPS) is 23.1. The van der Waals surface area contributed by atoms with Gasteiger partial charge in [-0.2, -0.15) is 0 Å². The summed E-state index contributed by atoms with van der Waals surface area (Å²) in [6.45, 7) is 2.18. The van der Waals surface area contributed by atoms with E-state index in [-0.39, 0.29) is 12.5 Å². The van der Waals surface area contributed by atoms with Gasteiger partial charge in [0.1, 0.15) is 0 Å². The van der Waals surface area contributed by atoms with E-state index >= 15 is 0 Å². The predicted octanol–water partition coefficient (Wildman–Crippen LogP) is -0.327. The highest BCUT2D eigenvalue weighted by atomic mass is 35.5. The molecule has 1 fully saturated rings. The van der Waals surface area contributed by atoms with Crippen LogP contribution in [0.3, 0.4) is 0 Å². The van der Waals surface area contributed by atoms with Crippen molar-refractivity contribution < 1.29 is 9.90 Å². The molecule has 0 saturated carbocycles. The number of carbonyl (C=O) groups is 1. The summed E-state index contributed by atoms with van der Waals surface area (Å²) < 4.78 is 0. The van der Waals surface area contributed by atoms with Crippen LogP contribution in [0.2, 0.25) is 0 Å². The first-order chi connectivity index (χ1) is 6.18. The number of carboxylic acid groups (broad SMARTS) is 1. The van der Waals surface area contributed by atoms with E-state index in [2.05, 4.69) is 16.9 Å². The molecule has 0 aromatic heterocycles. The summed E-state index contributed by atoms with van der Waals surface area (Å²) in [5.41, 5.74) is 0. The predicted molar refractivity (Wildman–Crippen MR) is 53.1 cm³/mol. The van der Waals surface area contributed by atoms with Gasteiger partial charge in [-0.05, 0) is 6.54 Å². The van der Waals surface area contributed by atoms with E-state index in [1.165, 1.54) is 6.38 Å². The van der Waals surface area contributed by atoms with Crippen molar-refractivity contribution in [1.82, 2.24) is 10.1 Å². The Morgan fingerprint density at radius 2 is 2.38 bits per heavy atom. The molecule has 2 N–H and O–H groups in total. The van der Waals surface area contributed by atoms with Gasteiger partial charge in [0, 0.05) is 25.5 Å². The minimum absolute atomic E-state index is 0.00579. The third kappa shape index (κ3) is 5.90. The number of alkyl halides is 1. The fraction of sp³-hybridized carbons (Fsp3) is 0.857. The van der Waals surface area contributed by atoms with Crippen molar-refractivity contribution in [2.75, 3.05) is 26.0 Å². The van der Waals surface area contributed by atoms with E-state index in [4.69, 9.17) is 13.1 Å². The first kappa shape index (κ1) is 12.7. The zero-order chi connectivity index (χ0) is 10.3. The topological polar surface area (TPSA) is 52.6 Å². The lowest BCUT2D eigenvalue weighted by Gasteiger charge is -2.30. The standard InChI is InChI=1S/C6H11BN2O2.CH3Cl/c7-9-2-1-8-5(4-9)3-6(10)11;1-2/h5,8H,1-4H2,(H,10,11);1H3. The number of nitrogens with one attached hydrogen (secondary N) is 1. The zero-order valence-corrected chi connectivity index (χ0v) is 8.42. The average Bonchev–Trinajstić information content (AvgIpc) is 2.06. The highest BCUT2D eigenvalue weighted by molar-refractivity contribution is 6.15. The maximum Gasteiger partial charge on any atom is 0.304 e. The molecule has 0 bridgehead atoms. The molecule has 0 spiro atoms. The van der Waals surface area contributed by atoms with Crippen LogP contribution in [-0.2, 0) is 4.79 Å². The molecule has 2 radical (unpaired) electrons. The van der Waals surface area contributed by atoms with Gasteiger partial charge in [-0.3, -0.25) is 4.79 Å². The molecular weight excluding hydrogens is 190 g/mol. The molecule has 6 heteroatoms. The minimum Gasteiger partial charge on any atom is -0.481 e. The van der Waals surface area contributed by atoms with Crippen LogP contribution in [-0.4, -0.2) is 55.9 Å². The monoisotopic (exact) mass is 204 g/mol. The minimum atomic E-state index is -0.780. The molecule has 13 heavy (non-hydrogen) atoms. The Bertz CT molecular complexity index is 159. The molecule has 1 aliphatic heterocycles. The second-order valence-electron chi connectivity index (χ2n) is 2.74. The number of aliphatic carboxylic acids is 1. The summed E-state index contributed by atoms with van der Waals surface area (Å²) in [6, 6.07) is 0.00579. The summed E-state index contributed by atoms with van der Waals surface area (Å²) in [7, 11) is 5.50. The highest BCUT2D eigenvalue weighted by Crippen LogP contribution is 1.99. The lowest BCUT2D eigenvalue weighted by molar-refractivity contribution is -0.137. The Hall–Kier alpha value is -0.255. The second kappa shape index (κ2) is 7.18. The Morgan fingerprint density at radius 3 is 2.85 bits per heavy atom. The molecule has 1 saturated heterocycles. The van der Waals surface area contributed by atoms with Crippen molar-refractivity contribution in [3.63, 3.8) is 0 Å². The Balaban J connectivity index is 0.000000671. The van der Waals surface area contributed by atoms with Crippen molar-refractivity contribution in [2.24, 2.45) is 0 Å². The molecule has 0 amide bonds. The second-order valence-corrected chi connectivity index (χ2v) is 2.74. The van der Waals surface area contributed by atoms with E-state index in [0.29, 0.717) is 6.54 Å². The smallest absolute Gasteiger partial charge is 0.304 e. The van der Waals surface area contributed by atoms with E-state index < -0.39 is 5.97 Å². The van der Waals surface area contributed by atoms with Gasteiger partial charge in [0.15, 0.2) is 7.98 Å². The average molecular weight is 204 g/mol. The van der Waals surface area contributed by atoms with Crippen LogP contribution in [0.25, 0.3) is 0 Å². The maximum absolute atomic E-state index is 10.3. The summed E-state index contributed by atoms with van der Waals surface area (Å²) in [6.07, 6.45) is 1.62. The molecular formula is C7H14BClN2O2. The first-order valence-corrected chi connectivity index (χ1v) is 4.76. The van der Waals surface area contributed by atoms with E-state index in [1.54, 1.807) is 4.81 Å². The van der Waals surface area contributed by atoms with Gasteiger partial charge in [-0.25, -0.2) is 0 Å². The van der Waals surface area contributed by atoms with Crippen molar-refractivity contribution in [3.05, 3.63) is 0 Å². The van der Waals surface area contributed by atoms with E-state index in [9.17, 15) is 4.79 Å². The molecule has 1 atom stereocenters. The quantitative estimate of drug-likeness (QED) is 0.478. The van der Waals surface area contributed by atoms with Crippen molar-refractivity contribution in [1.29, 1.82) is 0 Å². The molecule has 0 aromatic rings. The number of nitrogens with zero attached hydrogens (tertiary/aromatic N) is 1. The molecule has 74 valence electrons. The number of hydrogen-bond acceptors (Lipinski definition) is 3. The van der Waals surface area contributed by atoms with Crippen molar-refractivity contribution in [2.45, 2.75) is 12.5 Å². The van der Waals surface area contributed by atoms with Crippen LogP contribution in [0.15, 0.2) is 0 Å². The lowest BCUT2D eigenvalue weighted by atomic mass is 10.1. The van der Waals surface area contributed by atoms with Gasteiger partial charge in [0.2, 0.25) is 0 Å². The fourth-order valence-electron chi connectivity index (χ4n) is 1.20. The summed E-state index contributed by atoms with van der Waals surface area (Å²) in [5, 5.41) is 11.5. The van der Waals surface area contributed by atoms with Crippen LogP contribution in [0, 0.1) is 0 Å². The highest BCUT2D eigenvalue weighted by Gasteiger charge is 2.17. The molecule has 0 aliphatic carbocycles. The molecule has 1 unspecified atom stereocenters. The summed E-state index contributed by atoms with van der Waals surface area (Å²) >= 11 is 4.64. The molecule has 0 aromatic carbocycles. The molecule has 1 aliphatic rings. The van der Waals surface area contributed by atoms with Crippen LogP contribution in [0.5, 0.6) is 0 Å². The van der Waals surface area contributed by atoms with Crippen molar-refractivity contribution >= 4 is 25.6 Å². The molecule has 1 rings (SSSR count). The number of halogens is 1. The summed E-state index contributed by atoms with van der Waals surface area (Å²) in [4.78, 5) is 11.9. The Kier molecular flexibility index (Phi) is 7.04. The number of carboxylic acids is 1. The molecule has 1 heterocycles. The molecule has 4 nitrogen and oxygen atoms in total. The third-order valence-electron chi connectivity index (χ3n) is 1.71. The van der Waals surface area contributed by atoms with Crippen molar-refractivity contribution in [3.8, 4) is 0 Å². The Morgan fingerprint density at radius 1 is 1.77 bits per heavy atom. The van der Waals surface area contributed by atoms with E-state index in [1.807, 2.05) is 0 Å². The number of rotatable bonds is 2. The van der Waals surface area contributed by atoms with Gasteiger partial charge in [-0.1, -0.05) is 0 Å². The largest absolute Gasteiger partial charge is 0.481 e. The van der Waals surface area contributed by atoms with Crippen LogP contribution in [0.4, 0.5) is 0 Å². The van der Waals surface area contributed by atoms with Crippen LogP contribution >= 0.6 is 11.6 Å².